The molecule has 0 radical (unpaired) electrons. The number of rotatable bonds is 10. The molecule has 1 aliphatic rings. The molecule has 1 aromatic heterocycles. The molecule has 172 valence electrons. The zero-order valence-corrected chi connectivity index (χ0v) is 18.9. The number of hydrogen-bond acceptors (Lipinski definition) is 3. The predicted molar refractivity (Wildman–Crippen MR) is 126 cm³/mol. The molecule has 2 aromatic carbocycles. The minimum absolute atomic E-state index is 0.126. The number of nitrogens with one attached hydrogen (secondary N) is 2. The molecular formula is C26H33F2N3O. The Labute approximate surface area is 189 Å². The Kier molecular flexibility index (Phi) is 7.43. The van der Waals surface area contributed by atoms with Crippen molar-refractivity contribution in [3.8, 4) is 5.75 Å². The maximum Gasteiger partial charge on any atom is 0.239 e. The van der Waals surface area contributed by atoms with Crippen LogP contribution in [-0.2, 0) is 6.42 Å². The lowest BCUT2D eigenvalue weighted by atomic mass is 9.91. The zero-order valence-electron chi connectivity index (χ0n) is 18.9. The van der Waals surface area contributed by atoms with Gasteiger partial charge in [0, 0.05) is 49.2 Å². The van der Waals surface area contributed by atoms with Crippen LogP contribution in [0.2, 0.25) is 0 Å². The lowest BCUT2D eigenvalue weighted by Crippen LogP contribution is -2.38. The van der Waals surface area contributed by atoms with E-state index in [1.807, 2.05) is 12.1 Å². The van der Waals surface area contributed by atoms with E-state index in [4.69, 9.17) is 4.74 Å². The number of aromatic nitrogens is 1. The van der Waals surface area contributed by atoms with Crippen LogP contribution in [-0.4, -0.2) is 49.1 Å². The van der Waals surface area contributed by atoms with E-state index in [1.54, 1.807) is 0 Å². The fraction of sp³-hybridized carbons (Fsp3) is 0.462. The van der Waals surface area contributed by atoms with Crippen LogP contribution in [0.25, 0.3) is 10.9 Å². The van der Waals surface area contributed by atoms with Crippen LogP contribution >= 0.6 is 0 Å². The Hall–Kier alpha value is -2.44. The van der Waals surface area contributed by atoms with Crippen LogP contribution in [0.4, 0.5) is 8.78 Å². The molecule has 6 heteroatoms. The number of para-hydroxylation sites is 1. The third kappa shape index (κ3) is 5.30. The molecule has 32 heavy (non-hydrogen) atoms. The van der Waals surface area contributed by atoms with Gasteiger partial charge in [0.1, 0.15) is 12.4 Å². The topological polar surface area (TPSA) is 40.3 Å². The SMILES string of the molecule is CC(C)CN1CCc2c([nH]c3ccccc23)C1c1ccc(OCCNCCC(F)F)cc1. The van der Waals surface area contributed by atoms with Gasteiger partial charge in [-0.05, 0) is 41.7 Å². The Morgan fingerprint density at radius 3 is 2.62 bits per heavy atom. The van der Waals surface area contributed by atoms with Crippen molar-refractivity contribution in [2.45, 2.75) is 39.2 Å². The van der Waals surface area contributed by atoms with Gasteiger partial charge < -0.3 is 15.0 Å². The van der Waals surface area contributed by atoms with E-state index in [1.165, 1.54) is 27.7 Å². The summed E-state index contributed by atoms with van der Waals surface area (Å²) in [6.45, 7) is 7.94. The minimum Gasteiger partial charge on any atom is -0.492 e. The van der Waals surface area contributed by atoms with Gasteiger partial charge in [0.2, 0.25) is 6.43 Å². The van der Waals surface area contributed by atoms with Crippen molar-refractivity contribution in [3.05, 3.63) is 65.4 Å². The molecule has 0 amide bonds. The normalized spacial score (nSPS) is 16.8. The average Bonchev–Trinajstić information content (AvgIpc) is 3.14. The average molecular weight is 442 g/mol. The highest BCUT2D eigenvalue weighted by Crippen LogP contribution is 2.39. The molecule has 0 saturated carbocycles. The molecule has 1 aliphatic heterocycles. The molecule has 0 bridgehead atoms. The predicted octanol–water partition coefficient (Wildman–Crippen LogP) is 5.40. The fourth-order valence-electron chi connectivity index (χ4n) is 4.66. The van der Waals surface area contributed by atoms with Crippen LogP contribution in [0, 0.1) is 5.92 Å². The maximum atomic E-state index is 12.2. The summed E-state index contributed by atoms with van der Waals surface area (Å²) in [6.07, 6.45) is -1.33. The van der Waals surface area contributed by atoms with Gasteiger partial charge in [-0.2, -0.15) is 0 Å². The van der Waals surface area contributed by atoms with Gasteiger partial charge >= 0.3 is 0 Å². The summed E-state index contributed by atoms with van der Waals surface area (Å²) < 4.78 is 30.1. The summed E-state index contributed by atoms with van der Waals surface area (Å²) >= 11 is 0. The van der Waals surface area contributed by atoms with E-state index in [2.05, 4.69) is 65.4 Å². The number of ether oxygens (including phenoxy) is 1. The van der Waals surface area contributed by atoms with Gasteiger partial charge in [0.15, 0.2) is 0 Å². The number of hydrogen-bond donors (Lipinski definition) is 2. The third-order valence-electron chi connectivity index (χ3n) is 6.02. The van der Waals surface area contributed by atoms with E-state index < -0.39 is 6.43 Å². The van der Waals surface area contributed by atoms with Gasteiger partial charge in [-0.3, -0.25) is 4.90 Å². The number of H-pyrrole nitrogens is 1. The quantitative estimate of drug-likeness (QED) is 0.414. The van der Waals surface area contributed by atoms with Gasteiger partial charge in [0.25, 0.3) is 0 Å². The highest BCUT2D eigenvalue weighted by atomic mass is 19.3. The number of halogens is 2. The first-order valence-corrected chi connectivity index (χ1v) is 11.6. The summed E-state index contributed by atoms with van der Waals surface area (Å²) in [5, 5.41) is 4.31. The van der Waals surface area contributed by atoms with Crippen molar-refractivity contribution in [2.24, 2.45) is 5.92 Å². The van der Waals surface area contributed by atoms with E-state index >= 15 is 0 Å². The van der Waals surface area contributed by atoms with Crippen molar-refractivity contribution < 1.29 is 13.5 Å². The van der Waals surface area contributed by atoms with Crippen LogP contribution in [0.5, 0.6) is 5.75 Å². The lowest BCUT2D eigenvalue weighted by molar-refractivity contribution is 0.137. The first-order valence-electron chi connectivity index (χ1n) is 11.6. The van der Waals surface area contributed by atoms with E-state index in [-0.39, 0.29) is 12.5 Å². The van der Waals surface area contributed by atoms with Gasteiger partial charge in [0.05, 0.1) is 6.04 Å². The highest BCUT2D eigenvalue weighted by Gasteiger charge is 2.31. The highest BCUT2D eigenvalue weighted by molar-refractivity contribution is 5.85. The second kappa shape index (κ2) is 10.5. The molecule has 1 atom stereocenters. The number of alkyl halides is 2. The zero-order chi connectivity index (χ0) is 22.5. The summed E-state index contributed by atoms with van der Waals surface area (Å²) in [5.74, 6) is 1.39. The van der Waals surface area contributed by atoms with E-state index in [9.17, 15) is 8.78 Å². The number of nitrogens with zero attached hydrogens (tertiary/aromatic N) is 1. The largest absolute Gasteiger partial charge is 0.492 e. The summed E-state index contributed by atoms with van der Waals surface area (Å²) in [7, 11) is 0. The molecule has 3 aromatic rings. The lowest BCUT2D eigenvalue weighted by Gasteiger charge is -2.37. The maximum absolute atomic E-state index is 12.2. The molecule has 4 nitrogen and oxygen atoms in total. The van der Waals surface area contributed by atoms with Crippen molar-refractivity contribution in [1.82, 2.24) is 15.2 Å². The first-order chi connectivity index (χ1) is 15.5. The van der Waals surface area contributed by atoms with Crippen LogP contribution in [0.1, 0.15) is 43.1 Å². The molecule has 2 heterocycles. The number of benzene rings is 2. The Bertz CT molecular complexity index is 1000. The summed E-state index contributed by atoms with van der Waals surface area (Å²) in [6, 6.07) is 17.1. The van der Waals surface area contributed by atoms with Crippen molar-refractivity contribution in [3.63, 3.8) is 0 Å². The molecule has 0 fully saturated rings. The van der Waals surface area contributed by atoms with E-state index in [0.717, 1.165) is 25.3 Å². The Morgan fingerprint density at radius 2 is 1.88 bits per heavy atom. The van der Waals surface area contributed by atoms with Crippen molar-refractivity contribution >= 4 is 10.9 Å². The molecule has 2 N–H and O–H groups in total. The standard InChI is InChI=1S/C26H33F2N3O/c1-18(2)17-31-15-12-22-21-5-3-4-6-23(21)30-25(22)26(31)19-7-9-20(10-8-19)32-16-14-29-13-11-24(27)28/h3-10,18,24,26,29-30H,11-17H2,1-2H3. The molecule has 0 saturated heterocycles. The summed E-state index contributed by atoms with van der Waals surface area (Å²) in [5.41, 5.74) is 5.18. The van der Waals surface area contributed by atoms with Crippen molar-refractivity contribution in [1.29, 1.82) is 0 Å². The second-order valence-corrected chi connectivity index (χ2v) is 8.95. The Morgan fingerprint density at radius 1 is 1.09 bits per heavy atom. The number of fused-ring (bicyclic) bond motifs is 3. The molecular weight excluding hydrogens is 408 g/mol. The van der Waals surface area contributed by atoms with Crippen LogP contribution in [0.3, 0.4) is 0 Å². The van der Waals surface area contributed by atoms with Crippen LogP contribution in [0.15, 0.2) is 48.5 Å². The van der Waals surface area contributed by atoms with Crippen LogP contribution < -0.4 is 10.1 Å². The molecule has 4 rings (SSSR count). The molecule has 1 unspecified atom stereocenters. The number of aromatic amines is 1. The molecule has 0 spiro atoms. The third-order valence-corrected chi connectivity index (χ3v) is 6.02. The van der Waals surface area contributed by atoms with Crippen molar-refractivity contribution in [2.75, 3.05) is 32.8 Å². The Balaban J connectivity index is 1.49. The smallest absolute Gasteiger partial charge is 0.239 e. The molecule has 0 aliphatic carbocycles. The van der Waals surface area contributed by atoms with Gasteiger partial charge in [-0.25, -0.2) is 8.78 Å². The first kappa shape index (κ1) is 22.7. The monoisotopic (exact) mass is 441 g/mol. The second-order valence-electron chi connectivity index (χ2n) is 8.95. The van der Waals surface area contributed by atoms with Gasteiger partial charge in [-0.1, -0.05) is 44.2 Å². The van der Waals surface area contributed by atoms with Gasteiger partial charge in [-0.15, -0.1) is 0 Å². The summed E-state index contributed by atoms with van der Waals surface area (Å²) in [4.78, 5) is 6.28. The van der Waals surface area contributed by atoms with E-state index in [0.29, 0.717) is 25.6 Å². The minimum atomic E-state index is -2.26. The fourth-order valence-corrected chi connectivity index (χ4v) is 4.66.